The van der Waals surface area contributed by atoms with E-state index in [-0.39, 0.29) is 11.7 Å². The van der Waals surface area contributed by atoms with Gasteiger partial charge in [0, 0.05) is 24.5 Å². The van der Waals surface area contributed by atoms with Crippen LogP contribution in [0, 0.1) is 0 Å². The third-order valence-corrected chi connectivity index (χ3v) is 4.65. The molecule has 0 aliphatic carbocycles. The zero-order valence-electron chi connectivity index (χ0n) is 15.0. The molecular weight excluding hydrogens is 366 g/mol. The molecule has 1 aromatic carbocycles. The van der Waals surface area contributed by atoms with E-state index in [2.05, 4.69) is 20.3 Å². The minimum atomic E-state index is -0.417. The number of anilines is 1. The lowest BCUT2D eigenvalue weighted by Gasteiger charge is -2.10. The number of aromatic nitrogens is 4. The van der Waals surface area contributed by atoms with Crippen LogP contribution in [0.5, 0.6) is 0 Å². The number of thioether (sulfide) groups is 1. The molecule has 0 unspecified atom stereocenters. The minimum absolute atomic E-state index is 0.175. The van der Waals surface area contributed by atoms with Crippen LogP contribution in [0.3, 0.4) is 0 Å². The van der Waals surface area contributed by atoms with Crippen molar-refractivity contribution in [2.24, 2.45) is 0 Å². The summed E-state index contributed by atoms with van der Waals surface area (Å²) in [6.07, 6.45) is 4.52. The van der Waals surface area contributed by atoms with E-state index in [1.807, 2.05) is 40.8 Å². The first kappa shape index (κ1) is 18.7. The Balaban J connectivity index is 1.63. The smallest absolute Gasteiger partial charge is 0.337 e. The molecule has 0 radical (unpaired) electrons. The molecule has 0 fully saturated rings. The molecule has 0 saturated carbocycles. The van der Waals surface area contributed by atoms with E-state index < -0.39 is 5.97 Å². The second-order valence-corrected chi connectivity index (χ2v) is 6.48. The van der Waals surface area contributed by atoms with Gasteiger partial charge < -0.3 is 10.1 Å². The molecule has 0 atom stereocenters. The van der Waals surface area contributed by atoms with Crippen molar-refractivity contribution in [1.82, 2.24) is 19.5 Å². The van der Waals surface area contributed by atoms with Gasteiger partial charge in [-0.25, -0.2) is 9.47 Å². The van der Waals surface area contributed by atoms with Gasteiger partial charge in [0.1, 0.15) is 0 Å². The van der Waals surface area contributed by atoms with Crippen molar-refractivity contribution in [1.29, 1.82) is 0 Å². The number of nitrogens with zero attached hydrogens (tertiary/aromatic N) is 4. The van der Waals surface area contributed by atoms with Crippen molar-refractivity contribution in [3.63, 3.8) is 0 Å². The molecule has 0 spiro atoms. The quantitative estimate of drug-likeness (QED) is 0.496. The third-order valence-electron chi connectivity index (χ3n) is 3.73. The molecule has 2 heterocycles. The van der Waals surface area contributed by atoms with Gasteiger partial charge in [-0.15, -0.1) is 10.2 Å². The summed E-state index contributed by atoms with van der Waals surface area (Å²) in [6.45, 7) is 2.00. The molecule has 8 nitrogen and oxygen atoms in total. The molecular formula is C18H19N5O3S. The number of nitrogens with one attached hydrogen (secondary N) is 1. The van der Waals surface area contributed by atoms with Crippen LogP contribution in [0.15, 0.2) is 53.9 Å². The van der Waals surface area contributed by atoms with Gasteiger partial charge >= 0.3 is 5.97 Å². The Morgan fingerprint density at radius 3 is 2.48 bits per heavy atom. The molecule has 0 bridgehead atoms. The molecule has 0 aliphatic rings. The standard InChI is InChI=1S/C18H19N5O3S/c1-3-15-20-21-18(23(15)22-10-4-5-11-22)27-12-16(24)19-14-8-6-13(7-9-14)17(25)26-2/h4-11H,3,12H2,1-2H3,(H,19,24). The van der Waals surface area contributed by atoms with Crippen LogP contribution in [-0.2, 0) is 16.0 Å². The number of hydrogen-bond acceptors (Lipinski definition) is 6. The summed E-state index contributed by atoms with van der Waals surface area (Å²) in [4.78, 5) is 23.7. The number of ether oxygens (including phenoxy) is 1. The molecule has 27 heavy (non-hydrogen) atoms. The van der Waals surface area contributed by atoms with Crippen LogP contribution < -0.4 is 5.32 Å². The highest BCUT2D eigenvalue weighted by Crippen LogP contribution is 2.19. The molecule has 140 valence electrons. The average molecular weight is 385 g/mol. The van der Waals surface area contributed by atoms with Crippen LogP contribution in [0.25, 0.3) is 0 Å². The number of esters is 1. The van der Waals surface area contributed by atoms with E-state index in [4.69, 9.17) is 0 Å². The summed E-state index contributed by atoms with van der Waals surface area (Å²) in [6, 6.07) is 10.4. The van der Waals surface area contributed by atoms with Crippen LogP contribution >= 0.6 is 11.8 Å². The fourth-order valence-corrected chi connectivity index (χ4v) is 3.18. The first-order valence-electron chi connectivity index (χ1n) is 8.31. The number of methoxy groups -OCH3 is 1. The molecule has 3 aromatic rings. The van der Waals surface area contributed by atoms with Crippen molar-refractivity contribution in [2.45, 2.75) is 18.5 Å². The average Bonchev–Trinajstić information content (AvgIpc) is 3.35. The Bertz CT molecular complexity index is 919. The zero-order chi connectivity index (χ0) is 19.2. The Kier molecular flexibility index (Phi) is 5.92. The number of carbonyl (C=O) groups is 2. The second kappa shape index (κ2) is 8.54. The predicted molar refractivity (Wildman–Crippen MR) is 102 cm³/mol. The molecule has 1 amide bonds. The Morgan fingerprint density at radius 2 is 1.85 bits per heavy atom. The number of amides is 1. The van der Waals surface area contributed by atoms with Gasteiger partial charge in [0.25, 0.3) is 0 Å². The highest BCUT2D eigenvalue weighted by Gasteiger charge is 2.14. The molecule has 9 heteroatoms. The molecule has 0 saturated heterocycles. The summed E-state index contributed by atoms with van der Waals surface area (Å²) in [7, 11) is 1.33. The topological polar surface area (TPSA) is 91.0 Å². The van der Waals surface area contributed by atoms with Crippen molar-refractivity contribution < 1.29 is 14.3 Å². The zero-order valence-corrected chi connectivity index (χ0v) is 15.8. The van der Waals surface area contributed by atoms with E-state index in [0.29, 0.717) is 16.4 Å². The lowest BCUT2D eigenvalue weighted by atomic mass is 10.2. The Morgan fingerprint density at radius 1 is 1.15 bits per heavy atom. The van der Waals surface area contributed by atoms with Gasteiger partial charge in [-0.05, 0) is 36.4 Å². The highest BCUT2D eigenvalue weighted by molar-refractivity contribution is 7.99. The lowest BCUT2D eigenvalue weighted by Crippen LogP contribution is -2.16. The summed E-state index contributed by atoms with van der Waals surface area (Å²) in [5.74, 6) is 0.403. The maximum atomic E-state index is 12.2. The second-order valence-electron chi connectivity index (χ2n) is 5.53. The number of benzene rings is 1. The Labute approximate surface area is 160 Å². The summed E-state index contributed by atoms with van der Waals surface area (Å²) in [5, 5.41) is 11.8. The van der Waals surface area contributed by atoms with E-state index in [0.717, 1.165) is 12.2 Å². The third kappa shape index (κ3) is 4.37. The summed E-state index contributed by atoms with van der Waals surface area (Å²) < 4.78 is 8.41. The van der Waals surface area contributed by atoms with Crippen LogP contribution in [0.4, 0.5) is 5.69 Å². The predicted octanol–water partition coefficient (Wildman–Crippen LogP) is 2.47. The Hall–Kier alpha value is -3.07. The SMILES string of the molecule is CCc1nnc(SCC(=O)Nc2ccc(C(=O)OC)cc2)n1-n1cccc1. The monoisotopic (exact) mass is 385 g/mol. The number of carbonyl (C=O) groups excluding carboxylic acids is 2. The van der Waals surface area contributed by atoms with E-state index in [1.165, 1.54) is 18.9 Å². The van der Waals surface area contributed by atoms with E-state index in [1.54, 1.807) is 24.3 Å². The fraction of sp³-hybridized carbons (Fsp3) is 0.222. The van der Waals surface area contributed by atoms with Gasteiger partial charge in [-0.2, -0.15) is 0 Å². The molecule has 0 aliphatic heterocycles. The summed E-state index contributed by atoms with van der Waals surface area (Å²) in [5.41, 5.74) is 1.03. The maximum absolute atomic E-state index is 12.2. The first-order chi connectivity index (χ1) is 13.1. The normalized spacial score (nSPS) is 10.6. The molecule has 2 aromatic heterocycles. The lowest BCUT2D eigenvalue weighted by molar-refractivity contribution is -0.113. The largest absolute Gasteiger partial charge is 0.465 e. The van der Waals surface area contributed by atoms with Gasteiger partial charge in [0.05, 0.1) is 18.4 Å². The van der Waals surface area contributed by atoms with Gasteiger partial charge in [0.2, 0.25) is 11.1 Å². The van der Waals surface area contributed by atoms with E-state index >= 15 is 0 Å². The highest BCUT2D eigenvalue weighted by atomic mass is 32.2. The number of hydrogen-bond donors (Lipinski definition) is 1. The van der Waals surface area contributed by atoms with Crippen molar-refractivity contribution in [3.05, 3.63) is 60.2 Å². The van der Waals surface area contributed by atoms with Crippen molar-refractivity contribution in [2.75, 3.05) is 18.2 Å². The van der Waals surface area contributed by atoms with E-state index in [9.17, 15) is 9.59 Å². The van der Waals surface area contributed by atoms with Gasteiger partial charge in [-0.3, -0.25) is 9.47 Å². The van der Waals surface area contributed by atoms with Crippen LogP contribution in [0.2, 0.25) is 0 Å². The maximum Gasteiger partial charge on any atom is 0.337 e. The van der Waals surface area contributed by atoms with Gasteiger partial charge in [-0.1, -0.05) is 18.7 Å². The van der Waals surface area contributed by atoms with Crippen LogP contribution in [-0.4, -0.2) is 44.3 Å². The minimum Gasteiger partial charge on any atom is -0.465 e. The fourth-order valence-electron chi connectivity index (χ4n) is 2.43. The number of aryl methyl sites for hydroxylation is 1. The summed E-state index contributed by atoms with van der Waals surface area (Å²) >= 11 is 1.30. The molecule has 3 rings (SSSR count). The van der Waals surface area contributed by atoms with Gasteiger partial charge in [0.15, 0.2) is 5.82 Å². The van der Waals surface area contributed by atoms with Crippen molar-refractivity contribution >= 4 is 29.3 Å². The van der Waals surface area contributed by atoms with Crippen LogP contribution in [0.1, 0.15) is 23.1 Å². The first-order valence-corrected chi connectivity index (χ1v) is 9.30. The van der Waals surface area contributed by atoms with Crippen molar-refractivity contribution in [3.8, 4) is 0 Å². The molecule has 1 N–H and O–H groups in total. The number of rotatable bonds is 7.